The van der Waals surface area contributed by atoms with E-state index in [0.29, 0.717) is 5.78 Å². The summed E-state index contributed by atoms with van der Waals surface area (Å²) in [5.74, 6) is 1.36. The third-order valence-electron chi connectivity index (χ3n) is 3.48. The van der Waals surface area contributed by atoms with Crippen LogP contribution in [0.4, 0.5) is 0 Å². The number of hydrogen-bond donors (Lipinski definition) is 0. The molecule has 0 aromatic heterocycles. The van der Waals surface area contributed by atoms with Gasteiger partial charge in [-0.2, -0.15) is 0 Å². The number of carbonyl (C=O) groups excluding carboxylic acids is 1. The number of carbonyl (C=O) groups is 1. The van der Waals surface area contributed by atoms with Crippen LogP contribution in [-0.2, 0) is 0 Å². The predicted octanol–water partition coefficient (Wildman–Crippen LogP) is 3.61. The summed E-state index contributed by atoms with van der Waals surface area (Å²) in [5.41, 5.74) is 2.04. The Bertz CT molecular complexity index is 367. The molecule has 0 spiro atoms. The van der Waals surface area contributed by atoms with E-state index in [-0.39, 0.29) is 5.92 Å². The normalized spacial score (nSPS) is 25.5. The van der Waals surface area contributed by atoms with Crippen molar-refractivity contribution in [2.24, 2.45) is 11.8 Å². The lowest BCUT2D eigenvalue weighted by Crippen LogP contribution is -2.12. The number of hydrogen-bond acceptors (Lipinski definition) is 1. The van der Waals surface area contributed by atoms with E-state index in [1.54, 1.807) is 0 Å². The number of aryl methyl sites for hydroxylation is 1. The smallest absolute Gasteiger partial charge is 0.166 e. The van der Waals surface area contributed by atoms with Crippen LogP contribution in [-0.4, -0.2) is 5.78 Å². The quantitative estimate of drug-likeness (QED) is 0.669. The van der Waals surface area contributed by atoms with E-state index in [0.717, 1.165) is 29.9 Å². The first-order chi connectivity index (χ1) is 7.18. The van der Waals surface area contributed by atoms with Gasteiger partial charge in [-0.1, -0.05) is 31.2 Å². The summed E-state index contributed by atoms with van der Waals surface area (Å²) < 4.78 is 0. The average Bonchev–Trinajstić information content (AvgIpc) is 2.65. The average molecular weight is 202 g/mol. The zero-order valence-corrected chi connectivity index (χ0v) is 9.49. The molecular weight excluding hydrogens is 184 g/mol. The van der Waals surface area contributed by atoms with Gasteiger partial charge in [0.25, 0.3) is 0 Å². The van der Waals surface area contributed by atoms with Gasteiger partial charge < -0.3 is 0 Å². The van der Waals surface area contributed by atoms with Crippen LogP contribution in [0.1, 0.15) is 42.1 Å². The van der Waals surface area contributed by atoms with Gasteiger partial charge in [0.05, 0.1) is 0 Å². The van der Waals surface area contributed by atoms with Crippen LogP contribution in [0.25, 0.3) is 0 Å². The highest BCUT2D eigenvalue weighted by atomic mass is 16.1. The summed E-state index contributed by atoms with van der Waals surface area (Å²) >= 11 is 0. The molecule has 1 aliphatic carbocycles. The summed E-state index contributed by atoms with van der Waals surface area (Å²) in [6.07, 6.45) is 3.36. The summed E-state index contributed by atoms with van der Waals surface area (Å²) in [6.45, 7) is 4.26. The highest BCUT2D eigenvalue weighted by Crippen LogP contribution is 2.33. The Morgan fingerprint density at radius 3 is 2.60 bits per heavy atom. The van der Waals surface area contributed by atoms with Crippen LogP contribution < -0.4 is 0 Å². The van der Waals surface area contributed by atoms with E-state index in [1.165, 1.54) is 6.42 Å². The van der Waals surface area contributed by atoms with Crippen molar-refractivity contribution in [2.75, 3.05) is 0 Å². The molecule has 1 aromatic rings. The van der Waals surface area contributed by atoms with Gasteiger partial charge >= 0.3 is 0 Å². The predicted molar refractivity (Wildman–Crippen MR) is 62.0 cm³/mol. The zero-order chi connectivity index (χ0) is 10.8. The minimum absolute atomic E-state index is 0.279. The van der Waals surface area contributed by atoms with Gasteiger partial charge in [0, 0.05) is 11.5 Å². The standard InChI is InChI=1S/C14H18O/c1-10-7-8-12(9-10)14(15)13-6-4-3-5-11(13)2/h3-6,10,12H,7-9H2,1-2H3. The monoisotopic (exact) mass is 202 g/mol. The Labute approximate surface area is 91.5 Å². The number of ketones is 1. The summed E-state index contributed by atoms with van der Waals surface area (Å²) in [6, 6.07) is 7.92. The number of Topliss-reactive ketones (excluding diaryl/α,β-unsaturated/α-hetero) is 1. The molecule has 0 heterocycles. The summed E-state index contributed by atoms with van der Waals surface area (Å²) in [4.78, 5) is 12.2. The van der Waals surface area contributed by atoms with Crippen LogP contribution in [0, 0.1) is 18.8 Å². The lowest BCUT2D eigenvalue weighted by atomic mass is 9.93. The molecule has 15 heavy (non-hydrogen) atoms. The lowest BCUT2D eigenvalue weighted by molar-refractivity contribution is 0.0920. The van der Waals surface area contributed by atoms with Crippen molar-refractivity contribution in [3.8, 4) is 0 Å². The number of benzene rings is 1. The topological polar surface area (TPSA) is 17.1 Å². The van der Waals surface area contributed by atoms with Crippen LogP contribution in [0.3, 0.4) is 0 Å². The van der Waals surface area contributed by atoms with E-state index < -0.39 is 0 Å². The van der Waals surface area contributed by atoms with E-state index in [1.807, 2.05) is 31.2 Å². The third-order valence-corrected chi connectivity index (χ3v) is 3.48. The van der Waals surface area contributed by atoms with E-state index in [2.05, 4.69) is 6.92 Å². The molecule has 1 aromatic carbocycles. The molecule has 0 N–H and O–H groups in total. The Balaban J connectivity index is 2.18. The van der Waals surface area contributed by atoms with Crippen molar-refractivity contribution in [1.82, 2.24) is 0 Å². The highest BCUT2D eigenvalue weighted by molar-refractivity contribution is 5.99. The molecule has 80 valence electrons. The van der Waals surface area contributed by atoms with Gasteiger partial charge in [-0.15, -0.1) is 0 Å². The molecule has 2 rings (SSSR count). The molecule has 1 fully saturated rings. The molecule has 2 unspecified atom stereocenters. The van der Waals surface area contributed by atoms with Crippen LogP contribution in [0.2, 0.25) is 0 Å². The summed E-state index contributed by atoms with van der Waals surface area (Å²) in [5, 5.41) is 0. The molecule has 1 nitrogen and oxygen atoms in total. The van der Waals surface area contributed by atoms with Crippen molar-refractivity contribution in [2.45, 2.75) is 33.1 Å². The lowest BCUT2D eigenvalue weighted by Gasteiger charge is -2.10. The largest absolute Gasteiger partial charge is 0.294 e. The molecule has 0 aliphatic heterocycles. The van der Waals surface area contributed by atoms with Crippen LogP contribution in [0.15, 0.2) is 24.3 Å². The Morgan fingerprint density at radius 2 is 2.00 bits per heavy atom. The minimum Gasteiger partial charge on any atom is -0.294 e. The van der Waals surface area contributed by atoms with E-state index in [9.17, 15) is 4.79 Å². The minimum atomic E-state index is 0.279. The fourth-order valence-corrected chi connectivity index (χ4v) is 2.51. The highest BCUT2D eigenvalue weighted by Gasteiger charge is 2.28. The van der Waals surface area contributed by atoms with Crippen molar-refractivity contribution < 1.29 is 4.79 Å². The van der Waals surface area contributed by atoms with E-state index in [4.69, 9.17) is 0 Å². The first-order valence-corrected chi connectivity index (χ1v) is 5.78. The Hall–Kier alpha value is -1.11. The molecule has 1 saturated carbocycles. The molecule has 0 bridgehead atoms. The van der Waals surface area contributed by atoms with Crippen LogP contribution >= 0.6 is 0 Å². The Morgan fingerprint density at radius 1 is 1.27 bits per heavy atom. The second-order valence-corrected chi connectivity index (χ2v) is 4.79. The molecule has 1 aliphatic rings. The van der Waals surface area contributed by atoms with E-state index >= 15 is 0 Å². The van der Waals surface area contributed by atoms with Gasteiger partial charge in [-0.3, -0.25) is 4.79 Å². The third kappa shape index (κ3) is 2.11. The molecule has 0 saturated heterocycles. The van der Waals surface area contributed by atoms with Crippen molar-refractivity contribution in [3.63, 3.8) is 0 Å². The molecular formula is C14H18O. The van der Waals surface area contributed by atoms with Gasteiger partial charge in [-0.25, -0.2) is 0 Å². The first kappa shape index (κ1) is 10.4. The second-order valence-electron chi connectivity index (χ2n) is 4.79. The van der Waals surface area contributed by atoms with Gasteiger partial charge in [0.15, 0.2) is 5.78 Å². The molecule has 0 radical (unpaired) electrons. The Kier molecular flexibility index (Phi) is 2.90. The zero-order valence-electron chi connectivity index (χ0n) is 9.49. The van der Waals surface area contributed by atoms with Crippen molar-refractivity contribution >= 4 is 5.78 Å². The first-order valence-electron chi connectivity index (χ1n) is 5.78. The van der Waals surface area contributed by atoms with Crippen LogP contribution in [0.5, 0.6) is 0 Å². The van der Waals surface area contributed by atoms with Gasteiger partial charge in [0.2, 0.25) is 0 Å². The molecule has 0 amide bonds. The fraction of sp³-hybridized carbons (Fsp3) is 0.500. The SMILES string of the molecule is Cc1ccccc1C(=O)C1CCC(C)C1. The maximum Gasteiger partial charge on any atom is 0.166 e. The fourth-order valence-electron chi connectivity index (χ4n) is 2.51. The van der Waals surface area contributed by atoms with Gasteiger partial charge in [-0.05, 0) is 37.7 Å². The summed E-state index contributed by atoms with van der Waals surface area (Å²) in [7, 11) is 0. The maximum absolute atomic E-state index is 12.2. The second kappa shape index (κ2) is 4.18. The van der Waals surface area contributed by atoms with Crippen molar-refractivity contribution in [3.05, 3.63) is 35.4 Å². The van der Waals surface area contributed by atoms with Crippen molar-refractivity contribution in [1.29, 1.82) is 0 Å². The maximum atomic E-state index is 12.2. The molecule has 2 atom stereocenters. The molecule has 1 heteroatoms. The van der Waals surface area contributed by atoms with Gasteiger partial charge in [0.1, 0.15) is 0 Å². The number of rotatable bonds is 2.